The van der Waals surface area contributed by atoms with Crippen LogP contribution >= 0.6 is 11.8 Å². The number of rotatable bonds is 3. The van der Waals surface area contributed by atoms with Crippen molar-refractivity contribution in [2.75, 3.05) is 25.3 Å². The number of carbonyl (C=O) groups is 2. The van der Waals surface area contributed by atoms with Crippen molar-refractivity contribution in [1.29, 1.82) is 0 Å². The second-order valence-corrected chi connectivity index (χ2v) is 3.68. The fourth-order valence-corrected chi connectivity index (χ4v) is 2.34. The van der Waals surface area contributed by atoms with Gasteiger partial charge < -0.3 is 9.84 Å². The maximum absolute atomic E-state index is 11.1. The highest BCUT2D eigenvalue weighted by Gasteiger charge is 2.32. The predicted octanol–water partition coefficient (Wildman–Crippen LogP) is -0.381. The average Bonchev–Trinajstić information content (AvgIpc) is 2.50. The van der Waals surface area contributed by atoms with Crippen LogP contribution in [0, 0.1) is 0 Å². The highest BCUT2D eigenvalue weighted by Crippen LogP contribution is 2.20. The van der Waals surface area contributed by atoms with E-state index in [4.69, 9.17) is 5.11 Å². The fraction of sp³-hybridized carbons (Fsp3) is 0.714. The molecule has 0 saturated carbocycles. The normalized spacial score (nSPS) is 23.0. The first-order valence-electron chi connectivity index (χ1n) is 3.76. The van der Waals surface area contributed by atoms with Crippen molar-refractivity contribution in [2.45, 2.75) is 6.04 Å². The molecule has 0 radical (unpaired) electrons. The molecule has 13 heavy (non-hydrogen) atoms. The number of nitrogens with zero attached hydrogens (tertiary/aromatic N) is 1. The number of hydrogen-bond donors (Lipinski definition) is 1. The van der Waals surface area contributed by atoms with E-state index in [1.54, 1.807) is 4.90 Å². The van der Waals surface area contributed by atoms with Gasteiger partial charge in [-0.3, -0.25) is 14.5 Å². The van der Waals surface area contributed by atoms with Crippen LogP contribution in [0.25, 0.3) is 0 Å². The van der Waals surface area contributed by atoms with Crippen LogP contribution in [0.4, 0.5) is 0 Å². The Bertz CT molecular complexity index is 221. The summed E-state index contributed by atoms with van der Waals surface area (Å²) >= 11 is 1.54. The SMILES string of the molecule is COC(=O)C1CSCN1CC(=O)O. The number of carbonyl (C=O) groups excluding carboxylic acids is 1. The largest absolute Gasteiger partial charge is 0.480 e. The minimum absolute atomic E-state index is 0.104. The van der Waals surface area contributed by atoms with Gasteiger partial charge in [-0.1, -0.05) is 0 Å². The van der Waals surface area contributed by atoms with Gasteiger partial charge in [-0.15, -0.1) is 11.8 Å². The molecule has 1 saturated heterocycles. The van der Waals surface area contributed by atoms with Gasteiger partial charge in [0.25, 0.3) is 0 Å². The zero-order valence-corrected chi connectivity index (χ0v) is 8.04. The number of ether oxygens (including phenoxy) is 1. The van der Waals surface area contributed by atoms with Gasteiger partial charge in [0.15, 0.2) is 0 Å². The number of aliphatic carboxylic acids is 1. The summed E-state index contributed by atoms with van der Waals surface area (Å²) in [6.45, 7) is -0.104. The van der Waals surface area contributed by atoms with Gasteiger partial charge in [0.05, 0.1) is 13.7 Å². The molecule has 1 unspecified atom stereocenters. The zero-order valence-electron chi connectivity index (χ0n) is 7.23. The minimum Gasteiger partial charge on any atom is -0.480 e. The van der Waals surface area contributed by atoms with E-state index in [1.807, 2.05) is 0 Å². The van der Waals surface area contributed by atoms with Crippen LogP contribution in [0.2, 0.25) is 0 Å². The summed E-state index contributed by atoms with van der Waals surface area (Å²) in [6.07, 6.45) is 0. The molecule has 5 nitrogen and oxygen atoms in total. The van der Waals surface area contributed by atoms with Crippen LogP contribution in [0.3, 0.4) is 0 Å². The van der Waals surface area contributed by atoms with Crippen LogP contribution in [0.5, 0.6) is 0 Å². The lowest BCUT2D eigenvalue weighted by Gasteiger charge is -2.18. The number of carboxylic acids is 1. The lowest BCUT2D eigenvalue weighted by Crippen LogP contribution is -2.41. The average molecular weight is 205 g/mol. The molecule has 1 N–H and O–H groups in total. The summed E-state index contributed by atoms with van der Waals surface area (Å²) in [4.78, 5) is 23.1. The highest BCUT2D eigenvalue weighted by molar-refractivity contribution is 7.99. The Morgan fingerprint density at radius 1 is 1.69 bits per heavy atom. The van der Waals surface area contributed by atoms with Crippen LogP contribution in [0.15, 0.2) is 0 Å². The van der Waals surface area contributed by atoms with Crippen molar-refractivity contribution in [3.63, 3.8) is 0 Å². The molecule has 1 aliphatic rings. The number of methoxy groups -OCH3 is 1. The van der Waals surface area contributed by atoms with Crippen molar-refractivity contribution in [3.8, 4) is 0 Å². The van der Waals surface area contributed by atoms with E-state index in [9.17, 15) is 9.59 Å². The lowest BCUT2D eigenvalue weighted by atomic mass is 10.3. The Kier molecular flexibility index (Phi) is 3.56. The van der Waals surface area contributed by atoms with E-state index in [0.29, 0.717) is 11.6 Å². The van der Waals surface area contributed by atoms with Crippen molar-refractivity contribution < 1.29 is 19.4 Å². The quantitative estimate of drug-likeness (QED) is 0.633. The van der Waals surface area contributed by atoms with Gasteiger partial charge in [-0.2, -0.15) is 0 Å². The van der Waals surface area contributed by atoms with Crippen molar-refractivity contribution in [1.82, 2.24) is 4.90 Å². The Balaban J connectivity index is 2.53. The molecule has 1 rings (SSSR count). The van der Waals surface area contributed by atoms with Gasteiger partial charge in [-0.05, 0) is 0 Å². The number of esters is 1. The van der Waals surface area contributed by atoms with Crippen molar-refractivity contribution in [2.24, 2.45) is 0 Å². The predicted molar refractivity (Wildman–Crippen MR) is 47.5 cm³/mol. The van der Waals surface area contributed by atoms with E-state index in [0.717, 1.165) is 0 Å². The lowest BCUT2D eigenvalue weighted by molar-refractivity contribution is -0.147. The van der Waals surface area contributed by atoms with E-state index in [1.165, 1.54) is 18.9 Å². The van der Waals surface area contributed by atoms with Crippen LogP contribution in [0.1, 0.15) is 0 Å². The number of carboxylic acid groups (broad SMARTS) is 1. The van der Waals surface area contributed by atoms with Crippen molar-refractivity contribution >= 4 is 23.7 Å². The summed E-state index contributed by atoms with van der Waals surface area (Å²) in [5, 5.41) is 8.54. The molecule has 0 amide bonds. The van der Waals surface area contributed by atoms with E-state index >= 15 is 0 Å². The molecule has 0 aromatic heterocycles. The summed E-state index contributed by atoms with van der Waals surface area (Å²) in [7, 11) is 1.31. The molecule has 1 fully saturated rings. The number of hydrogen-bond acceptors (Lipinski definition) is 5. The first kappa shape index (κ1) is 10.3. The molecule has 0 aromatic carbocycles. The molecule has 0 aromatic rings. The van der Waals surface area contributed by atoms with Gasteiger partial charge >= 0.3 is 11.9 Å². The Morgan fingerprint density at radius 2 is 2.38 bits per heavy atom. The smallest absolute Gasteiger partial charge is 0.323 e. The van der Waals surface area contributed by atoms with Crippen LogP contribution in [-0.4, -0.2) is 53.3 Å². The molecule has 1 heterocycles. The van der Waals surface area contributed by atoms with E-state index in [2.05, 4.69) is 4.74 Å². The minimum atomic E-state index is -0.920. The summed E-state index contributed by atoms with van der Waals surface area (Å²) < 4.78 is 4.56. The Labute approximate surface area is 80.0 Å². The Morgan fingerprint density at radius 3 is 2.92 bits per heavy atom. The maximum atomic E-state index is 11.1. The third-order valence-corrected chi connectivity index (χ3v) is 2.85. The third-order valence-electron chi connectivity index (χ3n) is 1.79. The molecular weight excluding hydrogens is 194 g/mol. The molecule has 0 aliphatic carbocycles. The molecule has 0 bridgehead atoms. The molecule has 6 heteroatoms. The summed E-state index contributed by atoms with van der Waals surface area (Å²) in [6, 6.07) is -0.397. The third kappa shape index (κ3) is 2.60. The second kappa shape index (κ2) is 4.48. The van der Waals surface area contributed by atoms with Gasteiger partial charge in [0, 0.05) is 11.6 Å². The fourth-order valence-electron chi connectivity index (χ4n) is 1.16. The van der Waals surface area contributed by atoms with Gasteiger partial charge in [-0.25, -0.2) is 0 Å². The topological polar surface area (TPSA) is 66.8 Å². The Hall–Kier alpha value is -0.750. The molecule has 1 atom stereocenters. The highest BCUT2D eigenvalue weighted by atomic mass is 32.2. The first-order valence-corrected chi connectivity index (χ1v) is 4.92. The summed E-state index contributed by atoms with van der Waals surface area (Å²) in [5.74, 6) is -0.0888. The van der Waals surface area contributed by atoms with E-state index < -0.39 is 12.0 Å². The van der Waals surface area contributed by atoms with Crippen LogP contribution < -0.4 is 0 Å². The monoisotopic (exact) mass is 205 g/mol. The number of thioether (sulfide) groups is 1. The maximum Gasteiger partial charge on any atom is 0.323 e. The van der Waals surface area contributed by atoms with Crippen molar-refractivity contribution in [3.05, 3.63) is 0 Å². The van der Waals surface area contributed by atoms with E-state index in [-0.39, 0.29) is 12.5 Å². The first-order chi connectivity index (χ1) is 6.15. The molecule has 1 aliphatic heterocycles. The second-order valence-electron chi connectivity index (χ2n) is 2.68. The molecular formula is C7H11NO4S. The zero-order chi connectivity index (χ0) is 9.84. The molecule has 0 spiro atoms. The standard InChI is InChI=1S/C7H11NO4S/c1-12-7(11)5-3-13-4-8(5)2-6(9)10/h5H,2-4H2,1H3,(H,9,10). The van der Waals surface area contributed by atoms with Gasteiger partial charge in [0.2, 0.25) is 0 Å². The molecule has 74 valence electrons. The van der Waals surface area contributed by atoms with Crippen LogP contribution in [-0.2, 0) is 14.3 Å². The summed E-state index contributed by atoms with van der Waals surface area (Å²) in [5.41, 5.74) is 0. The van der Waals surface area contributed by atoms with Gasteiger partial charge in [0.1, 0.15) is 6.04 Å².